The molecule has 7 heteroatoms. The van der Waals surface area contributed by atoms with Crippen molar-refractivity contribution in [3.8, 4) is 0 Å². The van der Waals surface area contributed by atoms with E-state index < -0.39 is 11.7 Å². The predicted molar refractivity (Wildman–Crippen MR) is 74.9 cm³/mol. The second-order valence-corrected chi connectivity index (χ2v) is 5.52. The van der Waals surface area contributed by atoms with Gasteiger partial charge in [0.1, 0.15) is 0 Å². The quantitative estimate of drug-likeness (QED) is 0.739. The Kier molecular flexibility index (Phi) is 4.40. The molecule has 0 radical (unpaired) electrons. The SMILES string of the molecule is Cc1nc(=O)[nH]c(C)c1CC(=O)NC1CCC(C(=O)O)C1. The summed E-state index contributed by atoms with van der Waals surface area (Å²) in [5.41, 5.74) is 1.47. The number of carbonyl (C=O) groups is 2. The van der Waals surface area contributed by atoms with Crippen LogP contribution >= 0.6 is 0 Å². The van der Waals surface area contributed by atoms with Crippen LogP contribution in [0.3, 0.4) is 0 Å². The highest BCUT2D eigenvalue weighted by Crippen LogP contribution is 2.25. The summed E-state index contributed by atoms with van der Waals surface area (Å²) in [5.74, 6) is -1.34. The summed E-state index contributed by atoms with van der Waals surface area (Å²) in [6, 6.07) is -0.0880. The van der Waals surface area contributed by atoms with Crippen LogP contribution in [0.2, 0.25) is 0 Å². The molecule has 3 N–H and O–H groups in total. The topological polar surface area (TPSA) is 112 Å². The molecule has 0 saturated heterocycles. The average molecular weight is 293 g/mol. The van der Waals surface area contributed by atoms with Crippen LogP contribution in [0.4, 0.5) is 0 Å². The average Bonchev–Trinajstić information content (AvgIpc) is 2.82. The molecule has 1 aromatic heterocycles. The van der Waals surface area contributed by atoms with Gasteiger partial charge in [-0.05, 0) is 33.1 Å². The highest BCUT2D eigenvalue weighted by molar-refractivity contribution is 5.79. The van der Waals surface area contributed by atoms with Gasteiger partial charge < -0.3 is 15.4 Å². The number of aliphatic carboxylic acids is 1. The van der Waals surface area contributed by atoms with E-state index in [0.29, 0.717) is 36.2 Å². The molecular formula is C14H19N3O4. The molecule has 0 bridgehead atoms. The van der Waals surface area contributed by atoms with Crippen LogP contribution in [0.5, 0.6) is 0 Å². The maximum absolute atomic E-state index is 12.1. The van der Waals surface area contributed by atoms with Crippen LogP contribution in [-0.2, 0) is 16.0 Å². The van der Waals surface area contributed by atoms with Gasteiger partial charge in [-0.25, -0.2) is 4.79 Å². The minimum atomic E-state index is -0.803. The predicted octanol–water partition coefficient (Wildman–Crippen LogP) is 0.299. The summed E-state index contributed by atoms with van der Waals surface area (Å²) in [6.07, 6.45) is 1.89. The Morgan fingerprint density at radius 1 is 1.38 bits per heavy atom. The van der Waals surface area contributed by atoms with E-state index in [-0.39, 0.29) is 24.3 Å². The zero-order valence-electron chi connectivity index (χ0n) is 12.1. The number of aromatic nitrogens is 2. The summed E-state index contributed by atoms with van der Waals surface area (Å²) in [4.78, 5) is 40.5. The fraction of sp³-hybridized carbons (Fsp3) is 0.571. The highest BCUT2D eigenvalue weighted by atomic mass is 16.4. The van der Waals surface area contributed by atoms with Crippen LogP contribution in [0.15, 0.2) is 4.79 Å². The van der Waals surface area contributed by atoms with E-state index in [4.69, 9.17) is 5.11 Å². The monoisotopic (exact) mass is 293 g/mol. The fourth-order valence-corrected chi connectivity index (χ4v) is 2.79. The van der Waals surface area contributed by atoms with Gasteiger partial charge >= 0.3 is 11.7 Å². The van der Waals surface area contributed by atoms with Crippen molar-refractivity contribution in [2.75, 3.05) is 0 Å². The molecule has 7 nitrogen and oxygen atoms in total. The number of H-pyrrole nitrogens is 1. The van der Waals surface area contributed by atoms with Crippen molar-refractivity contribution < 1.29 is 14.7 Å². The highest BCUT2D eigenvalue weighted by Gasteiger charge is 2.30. The first kappa shape index (κ1) is 15.2. The van der Waals surface area contributed by atoms with Gasteiger partial charge in [-0.1, -0.05) is 0 Å². The number of nitrogens with zero attached hydrogens (tertiary/aromatic N) is 1. The number of carboxylic acids is 1. The molecule has 0 aromatic carbocycles. The molecule has 1 aliphatic carbocycles. The van der Waals surface area contributed by atoms with E-state index in [2.05, 4.69) is 15.3 Å². The Hall–Kier alpha value is -2.18. The third-order valence-corrected chi connectivity index (χ3v) is 3.94. The molecule has 2 rings (SSSR count). The van der Waals surface area contributed by atoms with Gasteiger partial charge in [-0.2, -0.15) is 4.98 Å². The number of carboxylic acid groups (broad SMARTS) is 1. The summed E-state index contributed by atoms with van der Waals surface area (Å²) >= 11 is 0. The zero-order valence-corrected chi connectivity index (χ0v) is 12.1. The van der Waals surface area contributed by atoms with E-state index in [1.807, 2.05) is 0 Å². The first-order valence-corrected chi connectivity index (χ1v) is 6.95. The van der Waals surface area contributed by atoms with Gasteiger partial charge in [0, 0.05) is 23.0 Å². The molecule has 2 atom stereocenters. The van der Waals surface area contributed by atoms with Crippen LogP contribution in [0, 0.1) is 19.8 Å². The Labute approximate surface area is 121 Å². The molecule has 1 aliphatic rings. The van der Waals surface area contributed by atoms with Gasteiger partial charge in [0.25, 0.3) is 0 Å². The summed E-state index contributed by atoms with van der Waals surface area (Å²) in [5, 5.41) is 11.8. The molecule has 1 amide bonds. The van der Waals surface area contributed by atoms with Crippen LogP contribution in [-0.4, -0.2) is 33.0 Å². The van der Waals surface area contributed by atoms with Crippen molar-refractivity contribution in [3.63, 3.8) is 0 Å². The van der Waals surface area contributed by atoms with Crippen LogP contribution in [0.1, 0.15) is 36.2 Å². The molecular weight excluding hydrogens is 274 g/mol. The maximum Gasteiger partial charge on any atom is 0.345 e. The largest absolute Gasteiger partial charge is 0.481 e. The van der Waals surface area contributed by atoms with Crippen molar-refractivity contribution in [1.29, 1.82) is 0 Å². The number of aryl methyl sites for hydroxylation is 2. The van der Waals surface area contributed by atoms with Gasteiger partial charge in [0.05, 0.1) is 12.3 Å². The number of aromatic amines is 1. The molecule has 0 spiro atoms. The minimum Gasteiger partial charge on any atom is -0.481 e. The van der Waals surface area contributed by atoms with E-state index in [1.165, 1.54) is 0 Å². The molecule has 1 fully saturated rings. The normalized spacial score (nSPS) is 21.2. The maximum atomic E-state index is 12.1. The van der Waals surface area contributed by atoms with E-state index in [1.54, 1.807) is 13.8 Å². The standard InChI is InChI=1S/C14H19N3O4/c1-7-11(8(2)16-14(21)15-7)6-12(18)17-10-4-3-9(5-10)13(19)20/h9-10H,3-6H2,1-2H3,(H,17,18)(H,19,20)(H,15,16,21). The third kappa shape index (κ3) is 3.68. The Morgan fingerprint density at radius 3 is 2.67 bits per heavy atom. The van der Waals surface area contributed by atoms with Crippen LogP contribution in [0.25, 0.3) is 0 Å². The Morgan fingerprint density at radius 2 is 2.10 bits per heavy atom. The van der Waals surface area contributed by atoms with E-state index in [9.17, 15) is 14.4 Å². The lowest BCUT2D eigenvalue weighted by Gasteiger charge is -2.14. The second-order valence-electron chi connectivity index (χ2n) is 5.52. The number of hydrogen-bond acceptors (Lipinski definition) is 4. The summed E-state index contributed by atoms with van der Waals surface area (Å²) in [7, 11) is 0. The van der Waals surface area contributed by atoms with Gasteiger partial charge in [0.2, 0.25) is 5.91 Å². The minimum absolute atomic E-state index is 0.0880. The number of hydrogen-bond donors (Lipinski definition) is 3. The Bertz CT molecular complexity index is 597. The number of amides is 1. The van der Waals surface area contributed by atoms with E-state index in [0.717, 1.165) is 0 Å². The molecule has 1 heterocycles. The van der Waals surface area contributed by atoms with E-state index >= 15 is 0 Å². The van der Waals surface area contributed by atoms with Crippen LogP contribution < -0.4 is 11.0 Å². The molecule has 114 valence electrons. The first-order chi connectivity index (χ1) is 9.86. The second kappa shape index (κ2) is 6.07. The lowest BCUT2D eigenvalue weighted by atomic mass is 10.1. The number of nitrogens with one attached hydrogen (secondary N) is 2. The van der Waals surface area contributed by atoms with Crippen molar-refractivity contribution >= 4 is 11.9 Å². The Balaban J connectivity index is 1.97. The van der Waals surface area contributed by atoms with Gasteiger partial charge in [-0.3, -0.25) is 9.59 Å². The third-order valence-electron chi connectivity index (χ3n) is 3.94. The lowest BCUT2D eigenvalue weighted by molar-refractivity contribution is -0.141. The molecule has 1 aromatic rings. The molecule has 0 aliphatic heterocycles. The smallest absolute Gasteiger partial charge is 0.345 e. The summed E-state index contributed by atoms with van der Waals surface area (Å²) in [6.45, 7) is 3.43. The fourth-order valence-electron chi connectivity index (χ4n) is 2.79. The summed E-state index contributed by atoms with van der Waals surface area (Å²) < 4.78 is 0. The lowest BCUT2D eigenvalue weighted by Crippen LogP contribution is -2.35. The van der Waals surface area contributed by atoms with Crippen molar-refractivity contribution in [3.05, 3.63) is 27.4 Å². The molecule has 2 unspecified atom stereocenters. The van der Waals surface area contributed by atoms with Crippen molar-refractivity contribution in [1.82, 2.24) is 15.3 Å². The van der Waals surface area contributed by atoms with Gasteiger partial charge in [0.15, 0.2) is 0 Å². The van der Waals surface area contributed by atoms with Crippen molar-refractivity contribution in [2.24, 2.45) is 5.92 Å². The number of carbonyl (C=O) groups excluding carboxylic acids is 1. The van der Waals surface area contributed by atoms with Gasteiger partial charge in [-0.15, -0.1) is 0 Å². The zero-order chi connectivity index (χ0) is 15.6. The van der Waals surface area contributed by atoms with Crippen molar-refractivity contribution in [2.45, 2.75) is 45.6 Å². The molecule has 21 heavy (non-hydrogen) atoms. The number of rotatable bonds is 4. The first-order valence-electron chi connectivity index (χ1n) is 6.95. The molecule has 1 saturated carbocycles.